The lowest BCUT2D eigenvalue weighted by Gasteiger charge is -2.38. The molecule has 0 spiro atoms. The third-order valence-corrected chi connectivity index (χ3v) is 10.1. The van der Waals surface area contributed by atoms with Gasteiger partial charge in [0.2, 0.25) is 5.91 Å². The molecule has 2 unspecified atom stereocenters. The monoisotopic (exact) mass is 532 g/mol. The van der Waals surface area contributed by atoms with Crippen LogP contribution in [0.1, 0.15) is 42.3 Å². The van der Waals surface area contributed by atoms with E-state index >= 15 is 0 Å². The van der Waals surface area contributed by atoms with E-state index in [0.29, 0.717) is 10.9 Å². The number of rotatable bonds is 5. The van der Waals surface area contributed by atoms with Crippen molar-refractivity contribution in [2.75, 3.05) is 11.3 Å². The van der Waals surface area contributed by atoms with E-state index in [1.54, 1.807) is 36.6 Å². The maximum atomic E-state index is 12.5. The van der Waals surface area contributed by atoms with Gasteiger partial charge in [0.15, 0.2) is 0 Å². The summed E-state index contributed by atoms with van der Waals surface area (Å²) in [5.41, 5.74) is 1.87. The molecular formula is C23H21ClN4O3S3. The number of carbonyl (C=O) groups excluding carboxylic acids is 1. The number of halogens is 1. The summed E-state index contributed by atoms with van der Waals surface area (Å²) in [7, 11) is -3.75. The Hall–Kier alpha value is -2.53. The Bertz CT molecular complexity index is 1420. The number of fused-ring (bicyclic) bond motifs is 1. The molecule has 1 aromatic carbocycles. The van der Waals surface area contributed by atoms with E-state index in [1.807, 2.05) is 29.2 Å². The van der Waals surface area contributed by atoms with Crippen LogP contribution in [-0.2, 0) is 14.8 Å². The molecule has 1 amide bonds. The minimum atomic E-state index is -3.75. The second kappa shape index (κ2) is 9.26. The van der Waals surface area contributed by atoms with E-state index in [4.69, 9.17) is 16.6 Å². The Morgan fingerprint density at radius 1 is 1.12 bits per heavy atom. The first-order valence-electron chi connectivity index (χ1n) is 10.7. The number of piperidine rings is 1. The number of likely N-dealkylation sites (tertiary alicyclic amines) is 1. The Balaban J connectivity index is 1.32. The molecule has 4 heterocycles. The summed E-state index contributed by atoms with van der Waals surface area (Å²) < 4.78 is 29.2. The standard InChI is InChI=1S/C23H21ClN4O3S3/c1-14(29)28-13-16(23-26-17-4-2-3-5-19(17)32-23)6-8-18(28)15-7-10-21(25-12-15)27-34(30,31)22-11-9-20(24)33-22/h2-5,7,9-12,16,18H,6,8,13H2,1H3,(H,25,27). The summed E-state index contributed by atoms with van der Waals surface area (Å²) in [5, 5.41) is 1.06. The van der Waals surface area contributed by atoms with Gasteiger partial charge >= 0.3 is 0 Å². The molecule has 1 N–H and O–H groups in total. The molecule has 7 nitrogen and oxygen atoms in total. The number of carbonyl (C=O) groups is 1. The van der Waals surface area contributed by atoms with Crippen LogP contribution in [0.2, 0.25) is 4.34 Å². The number of para-hydroxylation sites is 1. The zero-order chi connectivity index (χ0) is 23.9. The Kier molecular flexibility index (Phi) is 6.32. The van der Waals surface area contributed by atoms with Gasteiger partial charge in [-0.1, -0.05) is 29.8 Å². The fourth-order valence-electron chi connectivity index (χ4n) is 4.22. The summed E-state index contributed by atoms with van der Waals surface area (Å²) in [4.78, 5) is 23.5. The molecule has 1 fully saturated rings. The average molecular weight is 533 g/mol. The van der Waals surface area contributed by atoms with Gasteiger partial charge in [0, 0.05) is 25.6 Å². The van der Waals surface area contributed by atoms with Gasteiger partial charge in [-0.05, 0) is 48.7 Å². The van der Waals surface area contributed by atoms with Gasteiger partial charge in [-0.3, -0.25) is 9.52 Å². The van der Waals surface area contributed by atoms with Crippen molar-refractivity contribution in [2.24, 2.45) is 0 Å². The number of benzene rings is 1. The largest absolute Gasteiger partial charge is 0.335 e. The number of sulfonamides is 1. The minimum absolute atomic E-state index is 0.00448. The molecule has 34 heavy (non-hydrogen) atoms. The molecule has 11 heteroatoms. The zero-order valence-electron chi connectivity index (χ0n) is 18.1. The van der Waals surface area contributed by atoms with Gasteiger partial charge < -0.3 is 4.90 Å². The van der Waals surface area contributed by atoms with Crippen molar-refractivity contribution in [1.29, 1.82) is 0 Å². The number of anilines is 1. The number of hydrogen-bond acceptors (Lipinski definition) is 7. The maximum Gasteiger partial charge on any atom is 0.272 e. The average Bonchev–Trinajstić information content (AvgIpc) is 3.46. The van der Waals surface area contributed by atoms with Crippen molar-refractivity contribution in [3.8, 4) is 0 Å². The maximum absolute atomic E-state index is 12.5. The summed E-state index contributed by atoms with van der Waals surface area (Å²) in [5.74, 6) is 0.398. The molecule has 0 radical (unpaired) electrons. The number of thiazole rings is 1. The minimum Gasteiger partial charge on any atom is -0.335 e. The fourth-order valence-corrected chi connectivity index (χ4v) is 7.81. The highest BCUT2D eigenvalue weighted by Crippen LogP contribution is 2.40. The summed E-state index contributed by atoms with van der Waals surface area (Å²) in [6.45, 7) is 2.17. The molecule has 176 valence electrons. The van der Waals surface area contributed by atoms with Gasteiger partial charge in [0.05, 0.1) is 25.6 Å². The van der Waals surface area contributed by atoms with E-state index < -0.39 is 10.0 Å². The lowest BCUT2D eigenvalue weighted by Crippen LogP contribution is -2.40. The van der Waals surface area contributed by atoms with E-state index in [2.05, 4.69) is 15.8 Å². The number of thiophene rings is 1. The van der Waals surface area contributed by atoms with Gasteiger partial charge in [-0.25, -0.2) is 18.4 Å². The van der Waals surface area contributed by atoms with Crippen LogP contribution in [0.4, 0.5) is 5.82 Å². The smallest absolute Gasteiger partial charge is 0.272 e. The highest BCUT2D eigenvalue weighted by molar-refractivity contribution is 7.94. The molecule has 1 aliphatic heterocycles. The summed E-state index contributed by atoms with van der Waals surface area (Å²) in [6.07, 6.45) is 3.32. The van der Waals surface area contributed by atoms with Crippen LogP contribution in [0.25, 0.3) is 10.2 Å². The van der Waals surface area contributed by atoms with Crippen molar-refractivity contribution in [3.63, 3.8) is 0 Å². The zero-order valence-corrected chi connectivity index (χ0v) is 21.3. The molecule has 2 atom stereocenters. The van der Waals surface area contributed by atoms with Crippen LogP contribution >= 0.6 is 34.3 Å². The lowest BCUT2D eigenvalue weighted by molar-refractivity contribution is -0.133. The van der Waals surface area contributed by atoms with E-state index in [9.17, 15) is 13.2 Å². The number of hydrogen-bond donors (Lipinski definition) is 1. The van der Waals surface area contributed by atoms with E-state index in [0.717, 1.165) is 45.0 Å². The number of nitrogens with zero attached hydrogens (tertiary/aromatic N) is 3. The van der Waals surface area contributed by atoms with Gasteiger partial charge in [-0.15, -0.1) is 22.7 Å². The Labute approximate surface area is 210 Å². The SMILES string of the molecule is CC(=O)N1CC(c2nc3ccccc3s2)CCC1c1ccc(NS(=O)(=O)c2ccc(Cl)s2)nc1. The molecule has 0 aliphatic carbocycles. The predicted octanol–water partition coefficient (Wildman–Crippen LogP) is 5.67. The van der Waals surface area contributed by atoms with Crippen molar-refractivity contribution >= 4 is 66.2 Å². The van der Waals surface area contributed by atoms with Crippen LogP contribution in [-0.4, -0.2) is 35.7 Å². The van der Waals surface area contributed by atoms with E-state index in [-0.39, 0.29) is 27.9 Å². The number of nitrogens with one attached hydrogen (secondary N) is 1. The molecule has 0 bridgehead atoms. The molecule has 3 aromatic heterocycles. The Morgan fingerprint density at radius 2 is 1.94 bits per heavy atom. The highest BCUT2D eigenvalue weighted by Gasteiger charge is 2.33. The molecule has 1 saturated heterocycles. The molecule has 5 rings (SSSR count). The molecular weight excluding hydrogens is 512 g/mol. The molecule has 0 saturated carbocycles. The van der Waals surface area contributed by atoms with E-state index in [1.165, 1.54) is 6.07 Å². The van der Waals surface area contributed by atoms with Crippen molar-refractivity contribution in [1.82, 2.24) is 14.9 Å². The number of pyridine rings is 1. The second-order valence-electron chi connectivity index (χ2n) is 8.12. The van der Waals surface area contributed by atoms with Crippen LogP contribution in [0, 0.1) is 0 Å². The van der Waals surface area contributed by atoms with Gasteiger partial charge in [-0.2, -0.15) is 0 Å². The predicted molar refractivity (Wildman–Crippen MR) is 136 cm³/mol. The first-order chi connectivity index (χ1) is 16.3. The lowest BCUT2D eigenvalue weighted by atomic mass is 9.89. The fraction of sp³-hybridized carbons (Fsp3) is 0.261. The van der Waals surface area contributed by atoms with Crippen molar-refractivity contribution < 1.29 is 13.2 Å². The highest BCUT2D eigenvalue weighted by atomic mass is 35.5. The number of aromatic nitrogens is 2. The normalized spacial score (nSPS) is 18.8. The number of amides is 1. The first-order valence-corrected chi connectivity index (χ1v) is 14.2. The third kappa shape index (κ3) is 4.68. The van der Waals surface area contributed by atoms with Gasteiger partial charge in [0.1, 0.15) is 10.0 Å². The topological polar surface area (TPSA) is 92.3 Å². The summed E-state index contributed by atoms with van der Waals surface area (Å²) >= 11 is 8.53. The molecule has 1 aliphatic rings. The second-order valence-corrected chi connectivity index (χ2v) is 12.8. The van der Waals surface area contributed by atoms with Crippen LogP contribution in [0.3, 0.4) is 0 Å². The quantitative estimate of drug-likeness (QED) is 0.357. The van der Waals surface area contributed by atoms with Crippen LogP contribution in [0.15, 0.2) is 58.9 Å². The summed E-state index contributed by atoms with van der Waals surface area (Å²) in [6, 6.07) is 14.4. The first kappa shape index (κ1) is 23.2. The third-order valence-electron chi connectivity index (χ3n) is 5.87. The van der Waals surface area contributed by atoms with Crippen LogP contribution in [0.5, 0.6) is 0 Å². The van der Waals surface area contributed by atoms with Gasteiger partial charge in [0.25, 0.3) is 10.0 Å². The Morgan fingerprint density at radius 3 is 2.62 bits per heavy atom. The molecule has 4 aromatic rings. The van der Waals surface area contributed by atoms with Crippen molar-refractivity contribution in [2.45, 2.75) is 35.9 Å². The van der Waals surface area contributed by atoms with Crippen molar-refractivity contribution in [3.05, 3.63) is 69.6 Å². The van der Waals surface area contributed by atoms with Crippen LogP contribution < -0.4 is 4.72 Å².